The first-order chi connectivity index (χ1) is 7.86. The van der Waals surface area contributed by atoms with Gasteiger partial charge in [-0.15, -0.1) is 0 Å². The highest BCUT2D eigenvalue weighted by atomic mass is 15.0. The number of nitrogens with one attached hydrogen (secondary N) is 1. The van der Waals surface area contributed by atoms with Crippen molar-refractivity contribution in [3.63, 3.8) is 0 Å². The molecule has 1 saturated carbocycles. The number of benzene rings is 1. The van der Waals surface area contributed by atoms with Gasteiger partial charge in [-0.2, -0.15) is 0 Å². The number of nitrogens with zero attached hydrogens (tertiary/aromatic N) is 1. The third-order valence-corrected chi connectivity index (χ3v) is 3.37. The van der Waals surface area contributed by atoms with Gasteiger partial charge in [0.05, 0.1) is 0 Å². The van der Waals surface area contributed by atoms with Crippen molar-refractivity contribution in [2.75, 3.05) is 7.05 Å². The molecular formula is C14H18N2. The minimum atomic E-state index is 0.938. The number of aromatic nitrogens is 1. The zero-order valence-corrected chi connectivity index (χ0v) is 9.74. The van der Waals surface area contributed by atoms with Gasteiger partial charge >= 0.3 is 0 Å². The van der Waals surface area contributed by atoms with E-state index in [1.165, 1.54) is 35.9 Å². The van der Waals surface area contributed by atoms with Gasteiger partial charge in [0.1, 0.15) is 0 Å². The van der Waals surface area contributed by atoms with Gasteiger partial charge in [-0.1, -0.05) is 6.07 Å². The van der Waals surface area contributed by atoms with Gasteiger partial charge in [0.25, 0.3) is 0 Å². The Hall–Kier alpha value is -1.28. The maximum atomic E-state index is 3.19. The Bertz CT molecular complexity index is 494. The summed E-state index contributed by atoms with van der Waals surface area (Å²) in [4.78, 5) is 0. The molecule has 2 aromatic rings. The van der Waals surface area contributed by atoms with Crippen molar-refractivity contribution in [2.24, 2.45) is 5.92 Å². The zero-order valence-electron chi connectivity index (χ0n) is 9.74. The van der Waals surface area contributed by atoms with Crippen LogP contribution >= 0.6 is 0 Å². The quantitative estimate of drug-likeness (QED) is 0.828. The monoisotopic (exact) mass is 214 g/mol. The summed E-state index contributed by atoms with van der Waals surface area (Å²) >= 11 is 0. The molecule has 1 aromatic carbocycles. The Morgan fingerprint density at radius 1 is 1.31 bits per heavy atom. The van der Waals surface area contributed by atoms with Crippen LogP contribution in [0.25, 0.3) is 10.9 Å². The van der Waals surface area contributed by atoms with Crippen LogP contribution in [0.2, 0.25) is 0 Å². The second kappa shape index (κ2) is 3.95. The normalized spacial score (nSPS) is 15.8. The van der Waals surface area contributed by atoms with Crippen molar-refractivity contribution >= 4 is 10.9 Å². The minimum Gasteiger partial charge on any atom is -0.347 e. The highest BCUT2D eigenvalue weighted by molar-refractivity contribution is 5.80. The van der Waals surface area contributed by atoms with Crippen molar-refractivity contribution in [3.8, 4) is 0 Å². The summed E-state index contributed by atoms with van der Waals surface area (Å²) in [6.07, 6.45) is 5.06. The van der Waals surface area contributed by atoms with Gasteiger partial charge in [0.15, 0.2) is 0 Å². The average molecular weight is 214 g/mol. The first-order valence-electron chi connectivity index (χ1n) is 6.09. The van der Waals surface area contributed by atoms with Gasteiger partial charge in [-0.25, -0.2) is 0 Å². The van der Waals surface area contributed by atoms with Crippen LogP contribution < -0.4 is 5.32 Å². The minimum absolute atomic E-state index is 0.938. The second-order valence-corrected chi connectivity index (χ2v) is 4.83. The van der Waals surface area contributed by atoms with Crippen molar-refractivity contribution in [2.45, 2.75) is 25.9 Å². The summed E-state index contributed by atoms with van der Waals surface area (Å²) in [7, 11) is 1.99. The van der Waals surface area contributed by atoms with Gasteiger partial charge in [0.2, 0.25) is 0 Å². The fraction of sp³-hybridized carbons (Fsp3) is 0.429. The molecule has 3 rings (SSSR count). The van der Waals surface area contributed by atoms with Gasteiger partial charge in [0, 0.05) is 24.8 Å². The molecule has 0 atom stereocenters. The lowest BCUT2D eigenvalue weighted by molar-refractivity contribution is 0.647. The summed E-state index contributed by atoms with van der Waals surface area (Å²) in [6, 6.07) is 9.00. The molecule has 0 radical (unpaired) electrons. The Morgan fingerprint density at radius 2 is 2.19 bits per heavy atom. The largest absolute Gasteiger partial charge is 0.347 e. The molecule has 2 nitrogen and oxygen atoms in total. The first-order valence-corrected chi connectivity index (χ1v) is 6.09. The van der Waals surface area contributed by atoms with E-state index in [-0.39, 0.29) is 0 Å². The lowest BCUT2D eigenvalue weighted by Gasteiger charge is -2.05. The molecule has 1 fully saturated rings. The predicted octanol–water partition coefficient (Wildman–Crippen LogP) is 2.77. The molecule has 1 aliphatic carbocycles. The summed E-state index contributed by atoms with van der Waals surface area (Å²) in [5.41, 5.74) is 2.74. The Kier molecular flexibility index (Phi) is 2.44. The molecule has 16 heavy (non-hydrogen) atoms. The van der Waals surface area contributed by atoms with E-state index in [1.54, 1.807) is 0 Å². The Morgan fingerprint density at radius 3 is 2.94 bits per heavy atom. The van der Waals surface area contributed by atoms with Crippen molar-refractivity contribution < 1.29 is 0 Å². The average Bonchev–Trinajstić information content (AvgIpc) is 3.01. The first kappa shape index (κ1) is 9.91. The van der Waals surface area contributed by atoms with E-state index in [0.29, 0.717) is 0 Å². The lowest BCUT2D eigenvalue weighted by atomic mass is 10.1. The van der Waals surface area contributed by atoms with Crippen LogP contribution in [-0.4, -0.2) is 11.6 Å². The van der Waals surface area contributed by atoms with Gasteiger partial charge in [-0.3, -0.25) is 0 Å². The van der Waals surface area contributed by atoms with Gasteiger partial charge < -0.3 is 9.88 Å². The maximum Gasteiger partial charge on any atom is 0.0480 e. The number of fused-ring (bicyclic) bond motifs is 1. The molecule has 0 unspecified atom stereocenters. The number of hydrogen-bond acceptors (Lipinski definition) is 1. The molecule has 1 heterocycles. The SMILES string of the molecule is CNCc1ccc2c(ccn2CC2CC2)c1. The highest BCUT2D eigenvalue weighted by Gasteiger charge is 2.21. The third-order valence-electron chi connectivity index (χ3n) is 3.37. The zero-order chi connectivity index (χ0) is 11.0. The van der Waals surface area contributed by atoms with Crippen molar-refractivity contribution in [1.82, 2.24) is 9.88 Å². The molecule has 1 aromatic heterocycles. The fourth-order valence-electron chi connectivity index (χ4n) is 2.30. The van der Waals surface area contributed by atoms with Crippen molar-refractivity contribution in [1.29, 1.82) is 0 Å². The molecule has 0 aliphatic heterocycles. The van der Waals surface area contributed by atoms with E-state index in [0.717, 1.165) is 12.5 Å². The topological polar surface area (TPSA) is 17.0 Å². The molecule has 1 aliphatic rings. The highest BCUT2D eigenvalue weighted by Crippen LogP contribution is 2.32. The third kappa shape index (κ3) is 1.85. The van der Waals surface area contributed by atoms with Crippen LogP contribution in [0.1, 0.15) is 18.4 Å². The molecule has 1 N–H and O–H groups in total. The Balaban J connectivity index is 1.93. The summed E-state index contributed by atoms with van der Waals surface area (Å²) in [5.74, 6) is 0.938. The molecule has 84 valence electrons. The number of rotatable bonds is 4. The summed E-state index contributed by atoms with van der Waals surface area (Å²) < 4.78 is 2.40. The van der Waals surface area contributed by atoms with E-state index < -0.39 is 0 Å². The van der Waals surface area contributed by atoms with E-state index in [2.05, 4.69) is 40.3 Å². The van der Waals surface area contributed by atoms with Crippen LogP contribution in [0.5, 0.6) is 0 Å². The Labute approximate surface area is 96.3 Å². The molecule has 0 amide bonds. The smallest absolute Gasteiger partial charge is 0.0480 e. The molecule has 0 bridgehead atoms. The van der Waals surface area contributed by atoms with Crippen LogP contribution in [0.15, 0.2) is 30.5 Å². The molecule has 0 saturated heterocycles. The van der Waals surface area contributed by atoms with E-state index in [9.17, 15) is 0 Å². The second-order valence-electron chi connectivity index (χ2n) is 4.83. The standard InChI is InChI=1S/C14H18N2/c1-15-9-12-4-5-14-13(8-12)6-7-16(14)10-11-2-3-11/h4-8,11,15H,2-3,9-10H2,1H3. The summed E-state index contributed by atoms with van der Waals surface area (Å²) in [6.45, 7) is 2.15. The summed E-state index contributed by atoms with van der Waals surface area (Å²) in [5, 5.41) is 4.56. The van der Waals surface area contributed by atoms with Crippen LogP contribution in [-0.2, 0) is 13.1 Å². The van der Waals surface area contributed by atoms with Crippen LogP contribution in [0, 0.1) is 5.92 Å². The van der Waals surface area contributed by atoms with E-state index >= 15 is 0 Å². The van der Waals surface area contributed by atoms with Crippen molar-refractivity contribution in [3.05, 3.63) is 36.0 Å². The number of hydrogen-bond donors (Lipinski definition) is 1. The predicted molar refractivity (Wildman–Crippen MR) is 67.4 cm³/mol. The lowest BCUT2D eigenvalue weighted by Crippen LogP contribution is -2.04. The fourth-order valence-corrected chi connectivity index (χ4v) is 2.30. The van der Waals surface area contributed by atoms with E-state index in [4.69, 9.17) is 0 Å². The van der Waals surface area contributed by atoms with Gasteiger partial charge in [-0.05, 0) is 55.0 Å². The molecular weight excluding hydrogens is 196 g/mol. The maximum absolute atomic E-state index is 3.19. The molecule has 0 spiro atoms. The van der Waals surface area contributed by atoms with Crippen LogP contribution in [0.4, 0.5) is 0 Å². The van der Waals surface area contributed by atoms with E-state index in [1.807, 2.05) is 7.05 Å². The van der Waals surface area contributed by atoms with Crippen LogP contribution in [0.3, 0.4) is 0 Å². The molecule has 2 heteroatoms.